The van der Waals surface area contributed by atoms with Crippen LogP contribution in [0.5, 0.6) is 5.75 Å². The quantitative estimate of drug-likeness (QED) is 0.101. The highest BCUT2D eigenvalue weighted by atomic mass is 16.6. The first-order chi connectivity index (χ1) is 27.6. The molecule has 9 nitrogen and oxygen atoms in total. The summed E-state index contributed by atoms with van der Waals surface area (Å²) in [7, 11) is 1.55. The van der Waals surface area contributed by atoms with Gasteiger partial charge in [-0.1, -0.05) is 73.0 Å². The highest BCUT2D eigenvalue weighted by Crippen LogP contribution is 2.52. The van der Waals surface area contributed by atoms with E-state index in [0.29, 0.717) is 53.5 Å². The molecule has 9 heteroatoms. The number of aliphatic hydroxyl groups is 1. The van der Waals surface area contributed by atoms with E-state index in [1.54, 1.807) is 13.2 Å². The van der Waals surface area contributed by atoms with Crippen LogP contribution in [0.15, 0.2) is 93.2 Å². The summed E-state index contributed by atoms with van der Waals surface area (Å²) in [4.78, 5) is 42.9. The van der Waals surface area contributed by atoms with Crippen LogP contribution in [0, 0.1) is 11.8 Å². The SMILES string of the molecule is COCC(CCO)c1cc2ccc3c(c2oc1=O)C1OC(=O)CC(CCc2ccccc2)Cc2ccc(cc2)CCC(=C(C)C)C(=O)OC1C(C)(C1CCCC1)O3. The van der Waals surface area contributed by atoms with Gasteiger partial charge in [0.15, 0.2) is 12.2 Å². The summed E-state index contributed by atoms with van der Waals surface area (Å²) in [6.07, 6.45) is 5.45. The molecule has 3 aromatic carbocycles. The second kappa shape index (κ2) is 17.8. The van der Waals surface area contributed by atoms with Gasteiger partial charge in [0, 0.05) is 48.5 Å². The van der Waals surface area contributed by atoms with Crippen LogP contribution in [-0.2, 0) is 43.1 Å². The van der Waals surface area contributed by atoms with Gasteiger partial charge in [0.05, 0.1) is 12.2 Å². The molecule has 1 saturated carbocycles. The minimum Gasteiger partial charge on any atom is -0.483 e. The molecule has 0 amide bonds. The first-order valence-electron chi connectivity index (χ1n) is 20.7. The van der Waals surface area contributed by atoms with Gasteiger partial charge in [-0.25, -0.2) is 9.59 Å². The molecule has 1 fully saturated rings. The summed E-state index contributed by atoms with van der Waals surface area (Å²) in [5.74, 6) is -0.881. The second-order valence-corrected chi connectivity index (χ2v) is 16.6. The zero-order valence-electron chi connectivity index (χ0n) is 33.7. The lowest BCUT2D eigenvalue weighted by atomic mass is 9.76. The molecule has 5 unspecified atom stereocenters. The lowest BCUT2D eigenvalue weighted by molar-refractivity contribution is -0.199. The van der Waals surface area contributed by atoms with E-state index in [0.717, 1.165) is 55.2 Å². The van der Waals surface area contributed by atoms with Gasteiger partial charge in [-0.15, -0.1) is 0 Å². The van der Waals surface area contributed by atoms with Crippen molar-refractivity contribution < 1.29 is 38.1 Å². The summed E-state index contributed by atoms with van der Waals surface area (Å²) in [6, 6.07) is 24.2. The predicted octanol–water partition coefficient (Wildman–Crippen LogP) is 8.91. The van der Waals surface area contributed by atoms with Crippen LogP contribution >= 0.6 is 0 Å². The number of fused-ring (bicyclic) bond motifs is 13. The normalized spacial score (nSPS) is 23.7. The maximum absolute atomic E-state index is 14.6. The minimum atomic E-state index is -1.12. The van der Waals surface area contributed by atoms with Gasteiger partial charge >= 0.3 is 17.6 Å². The third-order valence-corrected chi connectivity index (χ3v) is 12.5. The van der Waals surface area contributed by atoms with Gasteiger partial charge in [0.1, 0.15) is 16.9 Å². The Morgan fingerprint density at radius 3 is 2.35 bits per heavy atom. The van der Waals surface area contributed by atoms with Crippen LogP contribution in [0.1, 0.15) is 112 Å². The van der Waals surface area contributed by atoms with Gasteiger partial charge in [-0.3, -0.25) is 4.79 Å². The number of carbonyl (C=O) groups excluding carboxylic acids is 2. The molecule has 1 N–H and O–H groups in total. The van der Waals surface area contributed by atoms with E-state index in [9.17, 15) is 19.5 Å². The predicted molar refractivity (Wildman–Crippen MR) is 218 cm³/mol. The average molecular weight is 777 g/mol. The van der Waals surface area contributed by atoms with Crippen molar-refractivity contribution in [2.45, 2.75) is 115 Å². The van der Waals surface area contributed by atoms with E-state index >= 15 is 0 Å². The summed E-state index contributed by atoms with van der Waals surface area (Å²) < 4.78 is 31.9. The Bertz CT molecular complexity index is 2120. The van der Waals surface area contributed by atoms with Gasteiger partial charge in [0.25, 0.3) is 0 Å². The number of esters is 2. The van der Waals surface area contributed by atoms with Gasteiger partial charge in [-0.05, 0) is 113 Å². The highest BCUT2D eigenvalue weighted by Gasteiger charge is 2.57. The third-order valence-electron chi connectivity index (χ3n) is 12.5. The van der Waals surface area contributed by atoms with Crippen molar-refractivity contribution in [3.8, 4) is 5.75 Å². The molecule has 0 radical (unpaired) electrons. The maximum Gasteiger partial charge on any atom is 0.339 e. The molecule has 4 heterocycles. The van der Waals surface area contributed by atoms with Crippen LogP contribution < -0.4 is 10.4 Å². The van der Waals surface area contributed by atoms with E-state index in [1.807, 2.05) is 51.1 Å². The molecule has 302 valence electrons. The first-order valence-corrected chi connectivity index (χ1v) is 20.7. The van der Waals surface area contributed by atoms with Crippen molar-refractivity contribution in [3.05, 3.63) is 122 Å². The molecule has 4 aromatic rings. The number of methoxy groups -OCH3 is 1. The molecule has 5 atom stereocenters. The van der Waals surface area contributed by atoms with Gasteiger partial charge in [0.2, 0.25) is 0 Å². The number of benzene rings is 3. The number of rotatable bonds is 9. The van der Waals surface area contributed by atoms with Crippen LogP contribution in [-0.4, -0.2) is 49.1 Å². The van der Waals surface area contributed by atoms with Crippen molar-refractivity contribution in [1.82, 2.24) is 0 Å². The molecular formula is C48H56O9. The zero-order chi connectivity index (χ0) is 40.1. The topological polar surface area (TPSA) is 122 Å². The maximum atomic E-state index is 14.6. The van der Waals surface area contributed by atoms with Crippen molar-refractivity contribution in [1.29, 1.82) is 0 Å². The fraction of sp³-hybridized carbons (Fsp3) is 0.479. The monoisotopic (exact) mass is 776 g/mol. The highest BCUT2D eigenvalue weighted by molar-refractivity contribution is 5.90. The Morgan fingerprint density at radius 2 is 1.65 bits per heavy atom. The standard InChI is InChI=1S/C48H56O9/c1-30(2)38-22-20-32-14-17-33(18-15-32)26-34(19-16-31-10-6-5-7-11-31)27-41(50)54-44-42-40(57-48(3,37-12-8-9-13-37)45(44)56-46(38)51)23-21-35-28-39(47(52)55-43(35)42)36(24-25-49)29-53-4/h5-7,10-11,14-15,17-18,21,23,28,34,36-37,44-45,49H,8-9,12-13,16,19-20,22,24-27,29H2,1-4H3. The Morgan fingerprint density at radius 1 is 0.912 bits per heavy atom. The molecule has 0 spiro atoms. The molecular weight excluding hydrogens is 721 g/mol. The number of hydrogen-bond donors (Lipinski definition) is 1. The number of ether oxygens (including phenoxy) is 4. The van der Waals surface area contributed by atoms with Crippen molar-refractivity contribution in [2.24, 2.45) is 11.8 Å². The largest absolute Gasteiger partial charge is 0.483 e. The van der Waals surface area contributed by atoms with Crippen molar-refractivity contribution in [2.75, 3.05) is 20.3 Å². The van der Waals surface area contributed by atoms with E-state index < -0.39 is 35.4 Å². The van der Waals surface area contributed by atoms with Crippen LogP contribution in [0.25, 0.3) is 11.0 Å². The summed E-state index contributed by atoms with van der Waals surface area (Å²) in [5.41, 5.74) is 4.21. The summed E-state index contributed by atoms with van der Waals surface area (Å²) in [6.45, 7) is 5.91. The van der Waals surface area contributed by atoms with E-state index in [2.05, 4.69) is 36.4 Å². The Hall–Kier alpha value is -4.73. The van der Waals surface area contributed by atoms with Gasteiger partial charge < -0.3 is 28.5 Å². The van der Waals surface area contributed by atoms with Crippen molar-refractivity contribution in [3.63, 3.8) is 0 Å². The fourth-order valence-electron chi connectivity index (χ4n) is 9.30. The lowest BCUT2D eigenvalue weighted by Gasteiger charge is -2.48. The summed E-state index contributed by atoms with van der Waals surface area (Å²) in [5, 5.41) is 10.4. The number of carbonyl (C=O) groups is 2. The smallest absolute Gasteiger partial charge is 0.339 e. The number of aryl methyl sites for hydroxylation is 2. The molecule has 3 aliphatic heterocycles. The number of allylic oxidation sites excluding steroid dienone is 1. The molecule has 1 aromatic heterocycles. The van der Waals surface area contributed by atoms with Gasteiger partial charge in [-0.2, -0.15) is 0 Å². The van der Waals surface area contributed by atoms with Crippen LogP contribution in [0.4, 0.5) is 0 Å². The minimum absolute atomic E-state index is 0.0142. The first kappa shape index (κ1) is 40.5. The molecule has 2 bridgehead atoms. The molecule has 8 rings (SSSR count). The fourth-order valence-corrected chi connectivity index (χ4v) is 9.30. The number of hydrogen-bond acceptors (Lipinski definition) is 9. The Labute approximate surface area is 335 Å². The van der Waals surface area contributed by atoms with Crippen LogP contribution in [0.2, 0.25) is 0 Å². The molecule has 1 aliphatic carbocycles. The molecule has 57 heavy (non-hydrogen) atoms. The Balaban J connectivity index is 1.36. The van der Waals surface area contributed by atoms with Crippen LogP contribution in [0.3, 0.4) is 0 Å². The second-order valence-electron chi connectivity index (χ2n) is 16.6. The van der Waals surface area contributed by atoms with E-state index in [4.69, 9.17) is 23.4 Å². The number of aliphatic hydroxyl groups excluding tert-OH is 1. The third kappa shape index (κ3) is 8.90. The zero-order valence-corrected chi connectivity index (χ0v) is 33.7. The van der Waals surface area contributed by atoms with E-state index in [-0.39, 0.29) is 43.0 Å². The lowest BCUT2D eigenvalue weighted by Crippen LogP contribution is -2.58. The summed E-state index contributed by atoms with van der Waals surface area (Å²) >= 11 is 0. The van der Waals surface area contributed by atoms with E-state index in [1.165, 1.54) is 5.56 Å². The molecule has 4 aliphatic rings. The van der Waals surface area contributed by atoms with Crippen molar-refractivity contribution >= 4 is 22.9 Å². The Kier molecular flexibility index (Phi) is 12.7. The molecule has 0 saturated heterocycles. The average Bonchev–Trinajstić information content (AvgIpc) is 3.75.